The van der Waals surface area contributed by atoms with Gasteiger partial charge in [0.2, 0.25) is 5.91 Å². The third kappa shape index (κ3) is 8.29. The lowest BCUT2D eigenvalue weighted by molar-refractivity contribution is -0.121. The first-order chi connectivity index (χ1) is 10.6. The first kappa shape index (κ1) is 18.0. The van der Waals surface area contributed by atoms with Crippen molar-refractivity contribution < 1.29 is 4.79 Å². The minimum Gasteiger partial charge on any atom is -0.357 e. The summed E-state index contributed by atoms with van der Waals surface area (Å²) in [5.74, 6) is 1.33. The van der Waals surface area contributed by atoms with E-state index >= 15 is 0 Å². The molecule has 122 valence electrons. The van der Waals surface area contributed by atoms with Crippen molar-refractivity contribution in [2.24, 2.45) is 10.9 Å². The maximum atomic E-state index is 11.8. The highest BCUT2D eigenvalue weighted by molar-refractivity contribution is 5.81. The molecule has 1 amide bonds. The predicted octanol–water partition coefficient (Wildman–Crippen LogP) is 1.90. The molecule has 0 spiro atoms. The molecule has 3 N–H and O–H groups in total. The minimum absolute atomic E-state index is 0.0380. The largest absolute Gasteiger partial charge is 0.357 e. The third-order valence-corrected chi connectivity index (χ3v) is 2.94. The molecule has 0 heterocycles. The number of benzene rings is 1. The van der Waals surface area contributed by atoms with Crippen LogP contribution in [0.1, 0.15) is 32.8 Å². The van der Waals surface area contributed by atoms with Gasteiger partial charge in [0, 0.05) is 32.6 Å². The van der Waals surface area contributed by atoms with Crippen molar-refractivity contribution in [3.63, 3.8) is 0 Å². The Labute approximate surface area is 133 Å². The van der Waals surface area contributed by atoms with E-state index in [2.05, 4.69) is 34.8 Å². The Morgan fingerprint density at radius 2 is 1.86 bits per heavy atom. The molecule has 0 radical (unpaired) electrons. The summed E-state index contributed by atoms with van der Waals surface area (Å²) in [6.45, 7) is 9.01. The van der Waals surface area contributed by atoms with Crippen LogP contribution < -0.4 is 16.0 Å². The average molecular weight is 304 g/mol. The fourth-order valence-corrected chi connectivity index (χ4v) is 1.79. The number of hydrogen-bond acceptors (Lipinski definition) is 2. The number of rotatable bonds is 8. The molecule has 0 saturated heterocycles. The molecule has 0 unspecified atom stereocenters. The van der Waals surface area contributed by atoms with Gasteiger partial charge in [0.15, 0.2) is 5.96 Å². The van der Waals surface area contributed by atoms with Gasteiger partial charge in [-0.3, -0.25) is 9.79 Å². The number of carbonyl (C=O) groups is 1. The summed E-state index contributed by atoms with van der Waals surface area (Å²) in [7, 11) is 0. The summed E-state index contributed by atoms with van der Waals surface area (Å²) in [5, 5.41) is 9.28. The maximum absolute atomic E-state index is 11.8. The number of hydrogen-bond donors (Lipinski definition) is 3. The monoisotopic (exact) mass is 304 g/mol. The van der Waals surface area contributed by atoms with Crippen LogP contribution in [-0.2, 0) is 11.3 Å². The summed E-state index contributed by atoms with van der Waals surface area (Å²) in [6.07, 6.45) is 0.429. The third-order valence-electron chi connectivity index (χ3n) is 2.94. The molecule has 1 aromatic carbocycles. The number of carbonyl (C=O) groups excluding carboxylic acids is 1. The molecule has 0 aliphatic carbocycles. The van der Waals surface area contributed by atoms with E-state index < -0.39 is 0 Å². The molecule has 22 heavy (non-hydrogen) atoms. The van der Waals surface area contributed by atoms with Crippen molar-refractivity contribution >= 4 is 11.9 Å². The van der Waals surface area contributed by atoms with Crippen molar-refractivity contribution in [1.29, 1.82) is 0 Å². The Kier molecular flexibility index (Phi) is 8.72. The van der Waals surface area contributed by atoms with Gasteiger partial charge in [-0.1, -0.05) is 44.2 Å². The second-order valence-electron chi connectivity index (χ2n) is 5.55. The van der Waals surface area contributed by atoms with E-state index in [0.717, 1.165) is 24.6 Å². The van der Waals surface area contributed by atoms with Gasteiger partial charge in [0.1, 0.15) is 0 Å². The van der Waals surface area contributed by atoms with Crippen molar-refractivity contribution in [2.45, 2.75) is 33.7 Å². The van der Waals surface area contributed by atoms with Crippen molar-refractivity contribution in [1.82, 2.24) is 16.0 Å². The smallest absolute Gasteiger partial charge is 0.222 e. The molecule has 1 aromatic rings. The van der Waals surface area contributed by atoms with E-state index in [1.807, 2.05) is 37.3 Å². The normalized spacial score (nSPS) is 11.4. The molecule has 0 aromatic heterocycles. The van der Waals surface area contributed by atoms with Gasteiger partial charge < -0.3 is 16.0 Å². The van der Waals surface area contributed by atoms with Crippen molar-refractivity contribution in [3.05, 3.63) is 35.9 Å². The highest BCUT2D eigenvalue weighted by Crippen LogP contribution is 1.97. The number of nitrogens with one attached hydrogen (secondary N) is 3. The number of nitrogens with zero attached hydrogens (tertiary/aromatic N) is 1. The molecule has 5 nitrogen and oxygen atoms in total. The second-order valence-corrected chi connectivity index (χ2v) is 5.55. The Morgan fingerprint density at radius 3 is 2.50 bits per heavy atom. The van der Waals surface area contributed by atoms with E-state index in [1.165, 1.54) is 0 Å². The molecule has 5 heteroatoms. The summed E-state index contributed by atoms with van der Waals surface area (Å²) in [5.41, 5.74) is 1.11. The van der Waals surface area contributed by atoms with E-state index in [9.17, 15) is 4.79 Å². The van der Waals surface area contributed by atoms with Gasteiger partial charge in [-0.15, -0.1) is 0 Å². The standard InChI is InChI=1S/C17H28N4O/c1-4-18-17(21-12-14(2)3)19-11-10-16(22)20-13-15-8-6-5-7-9-15/h5-9,14H,4,10-13H2,1-3H3,(H,20,22)(H2,18,19,21). The minimum atomic E-state index is 0.0380. The number of aliphatic imine (C=N–C) groups is 1. The van der Waals surface area contributed by atoms with Crippen LogP contribution in [0, 0.1) is 5.92 Å². The predicted molar refractivity (Wildman–Crippen MR) is 91.7 cm³/mol. The molecule has 0 fully saturated rings. The first-order valence-corrected chi connectivity index (χ1v) is 7.94. The molecule has 0 saturated carbocycles. The molecular weight excluding hydrogens is 276 g/mol. The van der Waals surface area contributed by atoms with Crippen molar-refractivity contribution in [2.75, 3.05) is 19.6 Å². The fraction of sp³-hybridized carbons (Fsp3) is 0.529. The van der Waals surface area contributed by atoms with Gasteiger partial charge in [-0.2, -0.15) is 0 Å². The molecule has 0 aliphatic rings. The van der Waals surface area contributed by atoms with Crippen LogP contribution in [0.15, 0.2) is 35.3 Å². The quantitative estimate of drug-likeness (QED) is 0.508. The molecule has 1 rings (SSSR count). The van der Waals surface area contributed by atoms with Crippen LogP contribution in [0.5, 0.6) is 0 Å². The summed E-state index contributed by atoms with van der Waals surface area (Å²) in [4.78, 5) is 16.3. The Bertz CT molecular complexity index is 457. The van der Waals surface area contributed by atoms with Crippen LogP contribution in [0.4, 0.5) is 0 Å². The van der Waals surface area contributed by atoms with E-state index in [0.29, 0.717) is 25.4 Å². The SMILES string of the molecule is CCNC(=NCC(C)C)NCCC(=O)NCc1ccccc1. The fourth-order valence-electron chi connectivity index (χ4n) is 1.79. The summed E-state index contributed by atoms with van der Waals surface area (Å²) < 4.78 is 0. The van der Waals surface area contributed by atoms with Gasteiger partial charge in [-0.05, 0) is 18.4 Å². The van der Waals surface area contributed by atoms with Crippen LogP contribution >= 0.6 is 0 Å². The Hall–Kier alpha value is -2.04. The maximum Gasteiger partial charge on any atom is 0.222 e. The highest BCUT2D eigenvalue weighted by atomic mass is 16.1. The molecular formula is C17H28N4O. The van der Waals surface area contributed by atoms with E-state index in [4.69, 9.17) is 0 Å². The van der Waals surface area contributed by atoms with Gasteiger partial charge in [0.25, 0.3) is 0 Å². The summed E-state index contributed by atoms with van der Waals surface area (Å²) in [6, 6.07) is 9.91. The van der Waals surface area contributed by atoms with E-state index in [1.54, 1.807) is 0 Å². The summed E-state index contributed by atoms with van der Waals surface area (Å²) >= 11 is 0. The topological polar surface area (TPSA) is 65.5 Å². The zero-order chi connectivity index (χ0) is 16.2. The zero-order valence-electron chi connectivity index (χ0n) is 13.9. The molecule has 0 bridgehead atoms. The number of guanidine groups is 1. The highest BCUT2D eigenvalue weighted by Gasteiger charge is 2.03. The van der Waals surface area contributed by atoms with Crippen LogP contribution in [-0.4, -0.2) is 31.5 Å². The number of amides is 1. The van der Waals surface area contributed by atoms with Gasteiger partial charge in [-0.25, -0.2) is 0 Å². The van der Waals surface area contributed by atoms with Gasteiger partial charge in [0.05, 0.1) is 0 Å². The lowest BCUT2D eigenvalue weighted by Gasteiger charge is -2.12. The van der Waals surface area contributed by atoms with Crippen LogP contribution in [0.25, 0.3) is 0 Å². The average Bonchev–Trinajstić information content (AvgIpc) is 2.51. The lowest BCUT2D eigenvalue weighted by Crippen LogP contribution is -2.39. The Balaban J connectivity index is 2.26. The first-order valence-electron chi connectivity index (χ1n) is 7.94. The molecule has 0 aliphatic heterocycles. The van der Waals surface area contributed by atoms with E-state index in [-0.39, 0.29) is 5.91 Å². The van der Waals surface area contributed by atoms with Crippen LogP contribution in [0.2, 0.25) is 0 Å². The van der Waals surface area contributed by atoms with Crippen molar-refractivity contribution in [3.8, 4) is 0 Å². The Morgan fingerprint density at radius 1 is 1.14 bits per heavy atom. The lowest BCUT2D eigenvalue weighted by atomic mass is 10.2. The zero-order valence-corrected chi connectivity index (χ0v) is 13.9. The second kappa shape index (κ2) is 10.7. The van der Waals surface area contributed by atoms with Gasteiger partial charge >= 0.3 is 0 Å². The molecule has 0 atom stereocenters. The van der Waals surface area contributed by atoms with Crippen LogP contribution in [0.3, 0.4) is 0 Å².